The van der Waals surface area contributed by atoms with Crippen LogP contribution >= 0.6 is 0 Å². The molecule has 2 heterocycles. The molecule has 1 aromatic heterocycles. The van der Waals surface area contributed by atoms with Crippen molar-refractivity contribution in [3.05, 3.63) is 59.5 Å². The molecule has 1 amide bonds. The molecule has 0 aliphatic carbocycles. The lowest BCUT2D eigenvalue weighted by Gasteiger charge is -2.31. The minimum Gasteiger partial charge on any atom is -0.339 e. The average molecular weight is 466 g/mol. The summed E-state index contributed by atoms with van der Waals surface area (Å²) in [6.45, 7) is 3.89. The Balaban J connectivity index is 1.46. The molecule has 33 heavy (non-hydrogen) atoms. The van der Waals surface area contributed by atoms with E-state index < -0.39 is 10.0 Å². The zero-order valence-electron chi connectivity index (χ0n) is 18.3. The summed E-state index contributed by atoms with van der Waals surface area (Å²) in [5.74, 6) is 0.249. The molecule has 0 atom stereocenters. The standard InChI is InChI=1S/C23H23N5O4S/c1-15-6-7-19(22-25-16(2)32-27-22)13-21(15)33(30,31)28-10-8-18(9-11-28)23(29)26-20-5-3-4-17(12-20)14-24/h3-7,12-13,18H,8-11H2,1-2H3,(H,26,29). The van der Waals surface area contributed by atoms with Crippen molar-refractivity contribution in [1.82, 2.24) is 14.4 Å². The summed E-state index contributed by atoms with van der Waals surface area (Å²) in [6.07, 6.45) is 0.817. The second kappa shape index (κ2) is 9.13. The van der Waals surface area contributed by atoms with Gasteiger partial charge >= 0.3 is 0 Å². The molecule has 1 aliphatic rings. The predicted molar refractivity (Wildman–Crippen MR) is 120 cm³/mol. The van der Waals surface area contributed by atoms with Crippen LogP contribution in [0.4, 0.5) is 5.69 Å². The minimum absolute atomic E-state index is 0.173. The van der Waals surface area contributed by atoms with Gasteiger partial charge in [-0.3, -0.25) is 4.79 Å². The van der Waals surface area contributed by atoms with E-state index in [1.807, 2.05) is 6.07 Å². The molecular formula is C23H23N5O4S. The highest BCUT2D eigenvalue weighted by atomic mass is 32.2. The lowest BCUT2D eigenvalue weighted by molar-refractivity contribution is -0.120. The molecule has 4 rings (SSSR count). The average Bonchev–Trinajstić information content (AvgIpc) is 3.25. The van der Waals surface area contributed by atoms with Gasteiger partial charge < -0.3 is 9.84 Å². The van der Waals surface area contributed by atoms with E-state index >= 15 is 0 Å². The number of hydrogen-bond donors (Lipinski definition) is 1. The number of sulfonamides is 1. The van der Waals surface area contributed by atoms with E-state index in [1.54, 1.807) is 56.3 Å². The maximum Gasteiger partial charge on any atom is 0.243 e. The van der Waals surface area contributed by atoms with Crippen LogP contribution in [0, 0.1) is 31.1 Å². The van der Waals surface area contributed by atoms with Crippen LogP contribution in [0.3, 0.4) is 0 Å². The van der Waals surface area contributed by atoms with E-state index in [-0.39, 0.29) is 29.8 Å². The Morgan fingerprint density at radius 3 is 2.61 bits per heavy atom. The van der Waals surface area contributed by atoms with Crippen molar-refractivity contribution >= 4 is 21.6 Å². The summed E-state index contributed by atoms with van der Waals surface area (Å²) < 4.78 is 33.2. The van der Waals surface area contributed by atoms with Gasteiger partial charge in [0.05, 0.1) is 16.5 Å². The number of anilines is 1. The quantitative estimate of drug-likeness (QED) is 0.612. The normalized spacial score (nSPS) is 15.2. The molecule has 1 aliphatic heterocycles. The van der Waals surface area contributed by atoms with Crippen molar-refractivity contribution in [3.8, 4) is 17.5 Å². The third kappa shape index (κ3) is 4.79. The van der Waals surface area contributed by atoms with Crippen molar-refractivity contribution in [3.63, 3.8) is 0 Å². The molecular weight excluding hydrogens is 442 g/mol. The first kappa shape index (κ1) is 22.6. The van der Waals surface area contributed by atoms with E-state index in [2.05, 4.69) is 15.5 Å². The van der Waals surface area contributed by atoms with Crippen LogP contribution in [-0.4, -0.2) is 41.9 Å². The van der Waals surface area contributed by atoms with Crippen LogP contribution in [0.1, 0.15) is 29.9 Å². The van der Waals surface area contributed by atoms with Crippen molar-refractivity contribution < 1.29 is 17.7 Å². The lowest BCUT2D eigenvalue weighted by atomic mass is 9.97. The van der Waals surface area contributed by atoms with E-state index in [4.69, 9.17) is 9.78 Å². The number of amides is 1. The van der Waals surface area contributed by atoms with Gasteiger partial charge in [0, 0.05) is 37.2 Å². The number of aryl methyl sites for hydroxylation is 2. The Morgan fingerprint density at radius 1 is 1.18 bits per heavy atom. The molecule has 1 fully saturated rings. The zero-order chi connectivity index (χ0) is 23.6. The number of nitriles is 1. The molecule has 170 valence electrons. The summed E-state index contributed by atoms with van der Waals surface area (Å²) in [5, 5.41) is 15.7. The predicted octanol–water partition coefficient (Wildman–Crippen LogP) is 3.26. The van der Waals surface area contributed by atoms with Gasteiger partial charge in [0.15, 0.2) is 0 Å². The molecule has 3 aromatic rings. The first-order valence-electron chi connectivity index (χ1n) is 10.5. The third-order valence-electron chi connectivity index (χ3n) is 5.68. The first-order valence-corrected chi connectivity index (χ1v) is 11.9. The monoisotopic (exact) mass is 465 g/mol. The fourth-order valence-corrected chi connectivity index (χ4v) is 5.56. The van der Waals surface area contributed by atoms with Crippen LogP contribution < -0.4 is 5.32 Å². The molecule has 1 N–H and O–H groups in total. The summed E-state index contributed by atoms with van der Waals surface area (Å²) in [4.78, 5) is 17.0. The Labute approximate surface area is 192 Å². The summed E-state index contributed by atoms with van der Waals surface area (Å²) in [7, 11) is -3.75. The highest BCUT2D eigenvalue weighted by Crippen LogP contribution is 2.29. The maximum absolute atomic E-state index is 13.4. The topological polar surface area (TPSA) is 129 Å². The minimum atomic E-state index is -3.75. The van der Waals surface area contributed by atoms with Crippen LogP contribution in [0.2, 0.25) is 0 Å². The van der Waals surface area contributed by atoms with Gasteiger partial charge in [0.2, 0.25) is 27.6 Å². The molecule has 0 saturated carbocycles. The van der Waals surface area contributed by atoms with E-state index in [1.165, 1.54) is 4.31 Å². The van der Waals surface area contributed by atoms with Gasteiger partial charge in [-0.15, -0.1) is 0 Å². The van der Waals surface area contributed by atoms with Gasteiger partial charge in [-0.25, -0.2) is 8.42 Å². The van der Waals surface area contributed by atoms with Gasteiger partial charge in [0.1, 0.15) is 0 Å². The molecule has 0 bridgehead atoms. The molecule has 0 radical (unpaired) electrons. The smallest absolute Gasteiger partial charge is 0.243 e. The van der Waals surface area contributed by atoms with Gasteiger partial charge in [-0.1, -0.05) is 23.4 Å². The molecule has 1 saturated heterocycles. The van der Waals surface area contributed by atoms with Crippen molar-refractivity contribution in [1.29, 1.82) is 5.26 Å². The third-order valence-corrected chi connectivity index (χ3v) is 7.72. The molecule has 0 unspecified atom stereocenters. The number of nitrogens with zero attached hydrogens (tertiary/aromatic N) is 4. The number of carbonyl (C=O) groups is 1. The van der Waals surface area contributed by atoms with Crippen molar-refractivity contribution in [2.24, 2.45) is 5.92 Å². The van der Waals surface area contributed by atoms with Crippen LogP contribution in [0.15, 0.2) is 51.9 Å². The number of carbonyl (C=O) groups excluding carboxylic acids is 1. The fourth-order valence-electron chi connectivity index (χ4n) is 3.84. The number of aromatic nitrogens is 2. The van der Waals surface area contributed by atoms with Crippen LogP contribution in [0.25, 0.3) is 11.4 Å². The number of nitrogens with one attached hydrogen (secondary N) is 1. The SMILES string of the molecule is Cc1nc(-c2ccc(C)c(S(=O)(=O)N3CCC(C(=O)Nc4cccc(C#N)c4)CC3)c2)no1. The highest BCUT2D eigenvalue weighted by Gasteiger charge is 2.33. The summed E-state index contributed by atoms with van der Waals surface area (Å²) in [6, 6.07) is 13.8. The second-order valence-electron chi connectivity index (χ2n) is 7.98. The Hall–Kier alpha value is -3.55. The maximum atomic E-state index is 13.4. The Bertz CT molecular complexity index is 1330. The number of hydrogen-bond acceptors (Lipinski definition) is 7. The largest absolute Gasteiger partial charge is 0.339 e. The van der Waals surface area contributed by atoms with E-state index in [0.29, 0.717) is 46.9 Å². The molecule has 10 heteroatoms. The van der Waals surface area contributed by atoms with Gasteiger partial charge in [-0.05, 0) is 49.6 Å². The highest BCUT2D eigenvalue weighted by molar-refractivity contribution is 7.89. The Morgan fingerprint density at radius 2 is 1.94 bits per heavy atom. The Kier molecular flexibility index (Phi) is 6.26. The molecule has 2 aromatic carbocycles. The summed E-state index contributed by atoms with van der Waals surface area (Å²) >= 11 is 0. The second-order valence-corrected chi connectivity index (χ2v) is 9.88. The van der Waals surface area contributed by atoms with E-state index in [0.717, 1.165) is 0 Å². The van der Waals surface area contributed by atoms with Crippen molar-refractivity contribution in [2.75, 3.05) is 18.4 Å². The zero-order valence-corrected chi connectivity index (χ0v) is 19.1. The van der Waals surface area contributed by atoms with Crippen molar-refractivity contribution in [2.45, 2.75) is 31.6 Å². The number of piperidine rings is 1. The lowest BCUT2D eigenvalue weighted by Crippen LogP contribution is -2.41. The van der Waals surface area contributed by atoms with Gasteiger partial charge in [-0.2, -0.15) is 14.6 Å². The fraction of sp³-hybridized carbons (Fsp3) is 0.304. The molecule has 9 nitrogen and oxygen atoms in total. The summed E-state index contributed by atoms with van der Waals surface area (Å²) in [5.41, 5.74) is 2.20. The van der Waals surface area contributed by atoms with E-state index in [9.17, 15) is 13.2 Å². The first-order chi connectivity index (χ1) is 15.8. The molecule has 0 spiro atoms. The van der Waals surface area contributed by atoms with Crippen LogP contribution in [0.5, 0.6) is 0 Å². The number of benzene rings is 2. The number of rotatable bonds is 5. The van der Waals surface area contributed by atoms with Crippen LogP contribution in [-0.2, 0) is 14.8 Å². The van der Waals surface area contributed by atoms with Gasteiger partial charge in [0.25, 0.3) is 0 Å².